The Morgan fingerprint density at radius 1 is 1.65 bits per heavy atom. The number of ether oxygens (including phenoxy) is 1. The fourth-order valence-electron chi connectivity index (χ4n) is 1.34. The van der Waals surface area contributed by atoms with Gasteiger partial charge in [0.05, 0.1) is 12.0 Å². The highest BCUT2D eigenvalue weighted by atomic mass is 32.1. The van der Waals surface area contributed by atoms with Crippen LogP contribution in [-0.2, 0) is 4.74 Å². The highest BCUT2D eigenvalue weighted by molar-refractivity contribution is 7.20. The topological polar surface area (TPSA) is 107 Å². The van der Waals surface area contributed by atoms with Gasteiger partial charge in [-0.2, -0.15) is 4.68 Å². The Kier molecular flexibility index (Phi) is 2.72. The molecule has 0 aromatic carbocycles. The SMILES string of the molecule is CCOC(=O)n1nc(N)c2cc(C(=O)O)sc21. The lowest BCUT2D eigenvalue weighted by Gasteiger charge is -1.99. The van der Waals surface area contributed by atoms with E-state index in [0.717, 1.165) is 16.0 Å². The zero-order valence-corrected chi connectivity index (χ0v) is 9.65. The van der Waals surface area contributed by atoms with Crippen molar-refractivity contribution in [1.82, 2.24) is 9.78 Å². The van der Waals surface area contributed by atoms with Gasteiger partial charge in [0, 0.05) is 0 Å². The number of fused-ring (bicyclic) bond motifs is 1. The molecule has 0 saturated carbocycles. The number of aromatic carboxylic acids is 1. The van der Waals surface area contributed by atoms with E-state index in [9.17, 15) is 9.59 Å². The van der Waals surface area contributed by atoms with Crippen LogP contribution in [0.1, 0.15) is 16.6 Å². The van der Waals surface area contributed by atoms with Crippen LogP contribution in [0.3, 0.4) is 0 Å². The monoisotopic (exact) mass is 255 g/mol. The smallest absolute Gasteiger partial charge is 0.436 e. The van der Waals surface area contributed by atoms with Gasteiger partial charge in [-0.1, -0.05) is 0 Å². The van der Waals surface area contributed by atoms with Crippen molar-refractivity contribution in [3.8, 4) is 0 Å². The number of nitrogens with zero attached hydrogens (tertiary/aromatic N) is 2. The second-order valence-corrected chi connectivity index (χ2v) is 4.16. The number of nitrogen functional groups attached to an aromatic ring is 1. The first-order valence-corrected chi connectivity index (χ1v) is 5.54. The highest BCUT2D eigenvalue weighted by Gasteiger charge is 2.20. The number of carbonyl (C=O) groups excluding carboxylic acids is 1. The number of carbonyl (C=O) groups is 2. The zero-order chi connectivity index (χ0) is 12.6. The number of nitrogens with two attached hydrogens (primary N) is 1. The van der Waals surface area contributed by atoms with Crippen molar-refractivity contribution in [1.29, 1.82) is 0 Å². The van der Waals surface area contributed by atoms with Crippen molar-refractivity contribution in [3.63, 3.8) is 0 Å². The Bertz CT molecular complexity index is 601. The summed E-state index contributed by atoms with van der Waals surface area (Å²) in [6, 6.07) is 1.39. The summed E-state index contributed by atoms with van der Waals surface area (Å²) in [6.45, 7) is 1.87. The van der Waals surface area contributed by atoms with E-state index >= 15 is 0 Å². The van der Waals surface area contributed by atoms with Crippen LogP contribution in [0.15, 0.2) is 6.07 Å². The summed E-state index contributed by atoms with van der Waals surface area (Å²) in [5, 5.41) is 13.1. The van der Waals surface area contributed by atoms with Gasteiger partial charge in [-0.25, -0.2) is 9.59 Å². The van der Waals surface area contributed by atoms with Gasteiger partial charge in [0.25, 0.3) is 0 Å². The van der Waals surface area contributed by atoms with Gasteiger partial charge in [-0.15, -0.1) is 16.4 Å². The van der Waals surface area contributed by atoms with E-state index in [1.807, 2.05) is 0 Å². The maximum absolute atomic E-state index is 11.5. The lowest BCUT2D eigenvalue weighted by atomic mass is 10.3. The molecule has 0 spiro atoms. The molecule has 0 atom stereocenters. The van der Waals surface area contributed by atoms with E-state index in [1.54, 1.807) is 6.92 Å². The molecule has 2 heterocycles. The van der Waals surface area contributed by atoms with Crippen molar-refractivity contribution in [3.05, 3.63) is 10.9 Å². The van der Waals surface area contributed by atoms with E-state index < -0.39 is 12.1 Å². The van der Waals surface area contributed by atoms with Gasteiger partial charge >= 0.3 is 12.1 Å². The third-order valence-electron chi connectivity index (χ3n) is 2.04. The van der Waals surface area contributed by atoms with Crippen LogP contribution < -0.4 is 5.73 Å². The van der Waals surface area contributed by atoms with Crippen LogP contribution in [0.2, 0.25) is 0 Å². The normalized spacial score (nSPS) is 10.6. The van der Waals surface area contributed by atoms with Gasteiger partial charge in [0.1, 0.15) is 9.71 Å². The first-order valence-electron chi connectivity index (χ1n) is 4.73. The first kappa shape index (κ1) is 11.4. The van der Waals surface area contributed by atoms with Gasteiger partial charge in [0.2, 0.25) is 0 Å². The van der Waals surface area contributed by atoms with E-state index in [1.165, 1.54) is 6.07 Å². The molecule has 0 amide bonds. The Morgan fingerprint density at radius 3 is 2.94 bits per heavy atom. The fourth-order valence-corrected chi connectivity index (χ4v) is 2.29. The fraction of sp³-hybridized carbons (Fsp3) is 0.222. The summed E-state index contributed by atoms with van der Waals surface area (Å²) in [5.74, 6) is -0.960. The van der Waals surface area contributed by atoms with Gasteiger partial charge < -0.3 is 15.6 Å². The summed E-state index contributed by atoms with van der Waals surface area (Å²) in [7, 11) is 0. The molecule has 0 radical (unpaired) electrons. The maximum atomic E-state index is 11.5. The third-order valence-corrected chi connectivity index (χ3v) is 3.14. The van der Waals surface area contributed by atoms with Crippen molar-refractivity contribution in [2.45, 2.75) is 6.92 Å². The molecule has 0 aliphatic heterocycles. The third kappa shape index (κ3) is 1.82. The Balaban J connectivity index is 2.57. The number of aromatic nitrogens is 2. The Hall–Kier alpha value is -2.09. The quantitative estimate of drug-likeness (QED) is 0.839. The second kappa shape index (κ2) is 4.06. The van der Waals surface area contributed by atoms with Crippen molar-refractivity contribution < 1.29 is 19.4 Å². The predicted octanol–water partition coefficient (Wildman–Crippen LogP) is 1.38. The van der Waals surface area contributed by atoms with Gasteiger partial charge in [-0.05, 0) is 13.0 Å². The van der Waals surface area contributed by atoms with Crippen LogP contribution in [0.5, 0.6) is 0 Å². The lowest BCUT2D eigenvalue weighted by Crippen LogP contribution is -2.14. The molecular weight excluding hydrogens is 246 g/mol. The molecule has 0 aliphatic rings. The molecule has 2 aromatic rings. The summed E-state index contributed by atoms with van der Waals surface area (Å²) >= 11 is 0.927. The minimum Gasteiger partial charge on any atom is -0.477 e. The van der Waals surface area contributed by atoms with E-state index in [-0.39, 0.29) is 17.3 Å². The first-order chi connectivity index (χ1) is 8.04. The van der Waals surface area contributed by atoms with E-state index in [4.69, 9.17) is 15.6 Å². The van der Waals surface area contributed by atoms with Crippen molar-refractivity contribution >= 4 is 39.4 Å². The van der Waals surface area contributed by atoms with Gasteiger partial charge in [0.15, 0.2) is 5.82 Å². The largest absolute Gasteiger partial charge is 0.477 e. The number of carboxylic acids is 1. The van der Waals surface area contributed by atoms with Crippen LogP contribution in [0, 0.1) is 0 Å². The second-order valence-electron chi connectivity index (χ2n) is 3.13. The molecule has 90 valence electrons. The molecule has 3 N–H and O–H groups in total. The molecule has 0 unspecified atom stereocenters. The van der Waals surface area contributed by atoms with Crippen molar-refractivity contribution in [2.75, 3.05) is 12.3 Å². The van der Waals surface area contributed by atoms with Crippen LogP contribution >= 0.6 is 11.3 Å². The number of rotatable bonds is 2. The predicted molar refractivity (Wildman–Crippen MR) is 61.4 cm³/mol. The molecule has 8 heteroatoms. The highest BCUT2D eigenvalue weighted by Crippen LogP contribution is 2.29. The minimum absolute atomic E-state index is 0.0992. The van der Waals surface area contributed by atoms with E-state index in [0.29, 0.717) is 10.2 Å². The van der Waals surface area contributed by atoms with Crippen LogP contribution in [0.4, 0.5) is 10.6 Å². The molecule has 7 nitrogen and oxygen atoms in total. The number of anilines is 1. The van der Waals surface area contributed by atoms with Crippen LogP contribution in [0.25, 0.3) is 10.2 Å². The summed E-state index contributed by atoms with van der Waals surface area (Å²) in [4.78, 5) is 22.8. The Labute approximate surface area is 99.4 Å². The van der Waals surface area contributed by atoms with Gasteiger partial charge in [-0.3, -0.25) is 0 Å². The maximum Gasteiger partial charge on any atom is 0.436 e. The zero-order valence-electron chi connectivity index (χ0n) is 8.84. The molecule has 0 fully saturated rings. The minimum atomic E-state index is -1.07. The van der Waals surface area contributed by atoms with E-state index in [2.05, 4.69) is 5.10 Å². The molecule has 2 aromatic heterocycles. The van der Waals surface area contributed by atoms with Crippen molar-refractivity contribution in [2.24, 2.45) is 0 Å². The average molecular weight is 255 g/mol. The Morgan fingerprint density at radius 2 is 2.35 bits per heavy atom. The summed E-state index contributed by atoms with van der Waals surface area (Å²) in [5.41, 5.74) is 5.60. The molecular formula is C9H9N3O4S. The summed E-state index contributed by atoms with van der Waals surface area (Å²) in [6.07, 6.45) is -0.673. The number of hydrogen-bond donors (Lipinski definition) is 2. The molecule has 17 heavy (non-hydrogen) atoms. The number of carboxylic acid groups (broad SMARTS) is 1. The number of thiophene rings is 1. The average Bonchev–Trinajstić information content (AvgIpc) is 2.80. The molecule has 0 saturated heterocycles. The molecule has 2 rings (SSSR count). The standard InChI is InChI=1S/C9H9N3O4S/c1-2-16-9(15)12-7-4(6(10)11-12)3-5(17-7)8(13)14/h3H,2H2,1H3,(H2,10,11)(H,13,14). The molecule has 0 aliphatic carbocycles. The lowest BCUT2D eigenvalue weighted by molar-refractivity contribution is 0.0702. The van der Waals surface area contributed by atoms with Crippen LogP contribution in [-0.4, -0.2) is 33.6 Å². The number of hydrogen-bond acceptors (Lipinski definition) is 6. The summed E-state index contributed by atoms with van der Waals surface area (Å²) < 4.78 is 5.76. The molecule has 0 bridgehead atoms.